The minimum atomic E-state index is -0.203. The average Bonchev–Trinajstić information content (AvgIpc) is 3.45. The van der Waals surface area contributed by atoms with Crippen molar-refractivity contribution in [3.05, 3.63) is 42.0 Å². The van der Waals surface area contributed by atoms with Gasteiger partial charge in [-0.1, -0.05) is 11.3 Å². The van der Waals surface area contributed by atoms with Crippen LogP contribution in [0.5, 0.6) is 11.5 Å². The number of piperazine rings is 1. The van der Waals surface area contributed by atoms with Gasteiger partial charge in [0.05, 0.1) is 24.6 Å². The van der Waals surface area contributed by atoms with Gasteiger partial charge in [0.15, 0.2) is 16.6 Å². The molecule has 5 rings (SSSR count). The number of hydrogen-bond donors (Lipinski definition) is 0. The summed E-state index contributed by atoms with van der Waals surface area (Å²) in [5.41, 5.74) is 1.82. The third kappa shape index (κ3) is 3.83. The largest absolute Gasteiger partial charge is 0.493 e. The van der Waals surface area contributed by atoms with Gasteiger partial charge in [-0.15, -0.1) is 0 Å². The van der Waals surface area contributed by atoms with Crippen molar-refractivity contribution in [2.75, 3.05) is 50.2 Å². The Bertz CT molecular complexity index is 1250. The lowest BCUT2D eigenvalue weighted by Gasteiger charge is -2.34. The van der Waals surface area contributed by atoms with Crippen LogP contribution in [0, 0.1) is 0 Å². The topological polar surface area (TPSA) is 92.3 Å². The Morgan fingerprint density at radius 3 is 2.21 bits per heavy atom. The smallest absolute Gasteiger partial charge is 0.253 e. The molecule has 2 saturated heterocycles. The predicted octanol–water partition coefficient (Wildman–Crippen LogP) is 2.93. The van der Waals surface area contributed by atoms with Gasteiger partial charge in [-0.25, -0.2) is 4.98 Å². The molecule has 10 heteroatoms. The van der Waals surface area contributed by atoms with Gasteiger partial charge in [0.1, 0.15) is 5.52 Å². The summed E-state index contributed by atoms with van der Waals surface area (Å²) in [6.45, 7) is 2.47. The van der Waals surface area contributed by atoms with Crippen LogP contribution in [0.25, 0.3) is 10.2 Å². The first-order valence-electron chi connectivity index (χ1n) is 11.0. The summed E-state index contributed by atoms with van der Waals surface area (Å²) < 4.78 is 11.9. The molecule has 1 aromatic heterocycles. The Labute approximate surface area is 200 Å². The zero-order valence-electron chi connectivity index (χ0n) is 18.9. The lowest BCUT2D eigenvalue weighted by molar-refractivity contribution is -0.121. The van der Waals surface area contributed by atoms with Crippen molar-refractivity contribution in [2.45, 2.75) is 12.8 Å². The Hall–Kier alpha value is -3.66. The minimum absolute atomic E-state index is 0.0685. The van der Waals surface area contributed by atoms with Crippen molar-refractivity contribution in [2.24, 2.45) is 0 Å². The summed E-state index contributed by atoms with van der Waals surface area (Å²) in [7, 11) is 3.21. The van der Waals surface area contributed by atoms with Gasteiger partial charge in [0, 0.05) is 44.6 Å². The first-order chi connectivity index (χ1) is 16.5. The summed E-state index contributed by atoms with van der Waals surface area (Å²) in [5.74, 6) is 0.794. The summed E-state index contributed by atoms with van der Waals surface area (Å²) in [5, 5.41) is 0.887. The number of aromatic nitrogens is 1. The summed E-state index contributed by atoms with van der Waals surface area (Å²) >= 11 is 1.59. The van der Waals surface area contributed by atoms with Crippen molar-refractivity contribution in [3.63, 3.8) is 0 Å². The number of benzene rings is 2. The van der Waals surface area contributed by atoms with Gasteiger partial charge in [-0.3, -0.25) is 19.3 Å². The number of amides is 3. The van der Waals surface area contributed by atoms with E-state index in [9.17, 15) is 14.4 Å². The zero-order chi connectivity index (χ0) is 23.8. The number of ether oxygens (including phenoxy) is 2. The van der Waals surface area contributed by atoms with E-state index in [1.54, 1.807) is 49.8 Å². The Morgan fingerprint density at radius 2 is 1.59 bits per heavy atom. The molecule has 0 spiro atoms. The number of carbonyl (C=O) groups is 3. The second-order valence-electron chi connectivity index (χ2n) is 8.09. The van der Waals surface area contributed by atoms with Crippen LogP contribution in [-0.2, 0) is 9.59 Å². The molecule has 2 fully saturated rings. The van der Waals surface area contributed by atoms with Crippen LogP contribution in [0.2, 0.25) is 0 Å². The third-order valence-electron chi connectivity index (χ3n) is 6.15. The van der Waals surface area contributed by atoms with Gasteiger partial charge in [0.25, 0.3) is 5.91 Å². The molecule has 0 unspecified atom stereocenters. The fourth-order valence-corrected chi connectivity index (χ4v) is 5.35. The van der Waals surface area contributed by atoms with Gasteiger partial charge in [0.2, 0.25) is 11.8 Å². The number of carbonyl (C=O) groups excluding carboxylic acids is 3. The van der Waals surface area contributed by atoms with Crippen LogP contribution < -0.4 is 19.3 Å². The maximum absolute atomic E-state index is 13.0. The van der Waals surface area contributed by atoms with E-state index >= 15 is 0 Å². The number of rotatable bonds is 5. The lowest BCUT2D eigenvalue weighted by atomic mass is 10.1. The molecule has 0 saturated carbocycles. The maximum Gasteiger partial charge on any atom is 0.253 e. The zero-order valence-corrected chi connectivity index (χ0v) is 19.8. The van der Waals surface area contributed by atoms with E-state index in [4.69, 9.17) is 14.5 Å². The van der Waals surface area contributed by atoms with E-state index in [-0.39, 0.29) is 30.6 Å². The molecule has 0 aliphatic carbocycles. The van der Waals surface area contributed by atoms with Crippen LogP contribution in [0.4, 0.5) is 10.8 Å². The molecular weight excluding hydrogens is 456 g/mol. The molecule has 9 nitrogen and oxygen atoms in total. The van der Waals surface area contributed by atoms with E-state index in [0.717, 1.165) is 15.3 Å². The summed E-state index contributed by atoms with van der Waals surface area (Å²) in [6.07, 6.45) is 0.470. The second kappa shape index (κ2) is 8.94. The first kappa shape index (κ1) is 22.1. The number of anilines is 2. The van der Waals surface area contributed by atoms with E-state index in [1.807, 2.05) is 17.0 Å². The van der Waals surface area contributed by atoms with Crippen molar-refractivity contribution < 1.29 is 23.9 Å². The lowest BCUT2D eigenvalue weighted by Crippen LogP contribution is -2.48. The van der Waals surface area contributed by atoms with E-state index < -0.39 is 0 Å². The highest BCUT2D eigenvalue weighted by Crippen LogP contribution is 2.40. The van der Waals surface area contributed by atoms with E-state index in [2.05, 4.69) is 4.90 Å². The molecule has 0 radical (unpaired) electrons. The van der Waals surface area contributed by atoms with Crippen LogP contribution in [-0.4, -0.2) is 68.0 Å². The normalized spacial score (nSPS) is 16.5. The fourth-order valence-electron chi connectivity index (χ4n) is 4.33. The molecule has 3 aromatic rings. The molecule has 3 heterocycles. The highest BCUT2D eigenvalue weighted by atomic mass is 32.1. The molecule has 2 aliphatic heterocycles. The highest BCUT2D eigenvalue weighted by Gasteiger charge is 2.30. The Morgan fingerprint density at radius 1 is 0.912 bits per heavy atom. The molecule has 2 aliphatic rings. The SMILES string of the molecule is COc1ccc2sc(N3CCN(C(=O)c4ccc(N5C(=O)CCC5=O)cc4)CC3)nc2c1OC. The van der Waals surface area contributed by atoms with Crippen LogP contribution in [0.1, 0.15) is 23.2 Å². The van der Waals surface area contributed by atoms with Crippen LogP contribution >= 0.6 is 11.3 Å². The summed E-state index contributed by atoms with van der Waals surface area (Å²) in [4.78, 5) is 46.8. The van der Waals surface area contributed by atoms with Crippen molar-refractivity contribution in [1.82, 2.24) is 9.88 Å². The minimum Gasteiger partial charge on any atom is -0.493 e. The van der Waals surface area contributed by atoms with Gasteiger partial charge in [-0.2, -0.15) is 0 Å². The van der Waals surface area contributed by atoms with Crippen molar-refractivity contribution >= 4 is 50.1 Å². The molecule has 176 valence electrons. The third-order valence-corrected chi connectivity index (χ3v) is 7.23. The fraction of sp³-hybridized carbons (Fsp3) is 0.333. The van der Waals surface area contributed by atoms with Crippen molar-refractivity contribution in [1.29, 1.82) is 0 Å². The van der Waals surface area contributed by atoms with Crippen LogP contribution in [0.3, 0.4) is 0 Å². The van der Waals surface area contributed by atoms with Crippen LogP contribution in [0.15, 0.2) is 36.4 Å². The number of hydrogen-bond acceptors (Lipinski definition) is 8. The Balaban J connectivity index is 1.26. The average molecular weight is 481 g/mol. The predicted molar refractivity (Wildman–Crippen MR) is 129 cm³/mol. The van der Waals surface area contributed by atoms with E-state index in [1.165, 1.54) is 4.90 Å². The molecule has 0 bridgehead atoms. The second-order valence-corrected chi connectivity index (χ2v) is 9.10. The molecule has 0 N–H and O–H groups in total. The number of fused-ring (bicyclic) bond motifs is 1. The summed E-state index contributed by atoms with van der Waals surface area (Å²) in [6, 6.07) is 10.5. The monoisotopic (exact) mass is 480 g/mol. The standard InChI is InChI=1S/C24H24N4O5S/c1-32-17-7-8-18-21(22(17)33-2)25-24(34-18)27-13-11-26(12-14-27)23(31)15-3-5-16(6-4-15)28-19(29)9-10-20(28)30/h3-8H,9-14H2,1-2H3. The number of methoxy groups -OCH3 is 2. The molecular formula is C24H24N4O5S. The maximum atomic E-state index is 13.0. The number of nitrogens with zero attached hydrogens (tertiary/aromatic N) is 4. The van der Waals surface area contributed by atoms with Gasteiger partial charge < -0.3 is 19.3 Å². The molecule has 3 amide bonds. The molecule has 2 aromatic carbocycles. The first-order valence-corrected chi connectivity index (χ1v) is 11.8. The molecule has 34 heavy (non-hydrogen) atoms. The van der Waals surface area contributed by atoms with E-state index in [0.29, 0.717) is 48.9 Å². The Kier molecular flexibility index (Phi) is 5.82. The van der Waals surface area contributed by atoms with Gasteiger partial charge in [-0.05, 0) is 36.4 Å². The van der Waals surface area contributed by atoms with Gasteiger partial charge >= 0.3 is 0 Å². The quantitative estimate of drug-likeness (QED) is 0.519. The number of imide groups is 1. The number of thiazole rings is 1. The highest BCUT2D eigenvalue weighted by molar-refractivity contribution is 7.22. The van der Waals surface area contributed by atoms with Crippen molar-refractivity contribution in [3.8, 4) is 11.5 Å². The molecule has 0 atom stereocenters.